The number of amides is 2. The molecule has 17 heavy (non-hydrogen) atoms. The molecule has 1 aliphatic rings. The summed E-state index contributed by atoms with van der Waals surface area (Å²) in [6.07, 6.45) is 0.349. The summed E-state index contributed by atoms with van der Waals surface area (Å²) in [5.74, 6) is -1.27. The molecule has 1 saturated heterocycles. The van der Waals surface area contributed by atoms with Crippen LogP contribution in [-0.4, -0.2) is 23.3 Å². The molecule has 1 atom stereocenters. The summed E-state index contributed by atoms with van der Waals surface area (Å²) in [4.78, 5) is 24.7. The molecule has 2 rings (SSSR count). The van der Waals surface area contributed by atoms with E-state index in [-0.39, 0.29) is 21.9 Å². The highest BCUT2D eigenvalue weighted by Gasteiger charge is 2.33. The molecule has 2 amide bonds. The quantitative estimate of drug-likeness (QED) is 0.748. The average Bonchev–Trinajstić information content (AvgIpc) is 2.61. The Hall–Kier alpha value is -1.23. The Balaban J connectivity index is 2.32. The normalized spacial score (nSPS) is 19.8. The van der Waals surface area contributed by atoms with Crippen molar-refractivity contribution < 1.29 is 14.0 Å². The van der Waals surface area contributed by atoms with Crippen LogP contribution >= 0.6 is 15.9 Å². The van der Waals surface area contributed by atoms with E-state index in [1.807, 2.05) is 6.92 Å². The smallest absolute Gasteiger partial charge is 0.263 e. The Labute approximate surface area is 107 Å². The molecule has 1 heterocycles. The first kappa shape index (κ1) is 12.2. The fourth-order valence-corrected chi connectivity index (χ4v) is 2.26. The zero-order chi connectivity index (χ0) is 12.6. The summed E-state index contributed by atoms with van der Waals surface area (Å²) in [7, 11) is 0. The molecule has 0 N–H and O–H groups in total. The van der Waals surface area contributed by atoms with Crippen LogP contribution in [0.1, 0.15) is 23.7 Å². The molecule has 1 unspecified atom stereocenters. The van der Waals surface area contributed by atoms with E-state index < -0.39 is 11.7 Å². The molecule has 0 spiro atoms. The highest BCUT2D eigenvalue weighted by molar-refractivity contribution is 9.10. The molecule has 0 aliphatic carbocycles. The van der Waals surface area contributed by atoms with Gasteiger partial charge in [-0.2, -0.15) is 0 Å². The first-order valence-electron chi connectivity index (χ1n) is 5.29. The number of benzene rings is 1. The number of carbonyl (C=O) groups excluding carboxylic acids is 2. The second-order valence-corrected chi connectivity index (χ2v) is 5.07. The molecule has 0 bridgehead atoms. The van der Waals surface area contributed by atoms with Crippen molar-refractivity contribution in [3.8, 4) is 0 Å². The summed E-state index contributed by atoms with van der Waals surface area (Å²) in [5, 5.41) is 0. The van der Waals surface area contributed by atoms with Crippen LogP contribution in [0.5, 0.6) is 0 Å². The Kier molecular flexibility index (Phi) is 3.28. The molecule has 1 aromatic rings. The fourth-order valence-electron chi connectivity index (χ4n) is 1.90. The number of hydrogen-bond acceptors (Lipinski definition) is 2. The average molecular weight is 300 g/mol. The summed E-state index contributed by atoms with van der Waals surface area (Å²) in [6, 6.07) is 4.48. The zero-order valence-electron chi connectivity index (χ0n) is 9.24. The van der Waals surface area contributed by atoms with E-state index in [1.165, 1.54) is 12.1 Å². The second-order valence-electron chi connectivity index (χ2n) is 4.22. The monoisotopic (exact) mass is 299 g/mol. The number of imide groups is 1. The van der Waals surface area contributed by atoms with Gasteiger partial charge in [0.1, 0.15) is 5.82 Å². The van der Waals surface area contributed by atoms with Crippen molar-refractivity contribution >= 4 is 27.7 Å². The van der Waals surface area contributed by atoms with Crippen LogP contribution in [0.4, 0.5) is 4.39 Å². The molecule has 3 nitrogen and oxygen atoms in total. The second kappa shape index (κ2) is 4.56. The molecular weight excluding hydrogens is 289 g/mol. The van der Waals surface area contributed by atoms with Gasteiger partial charge in [-0.1, -0.05) is 13.0 Å². The summed E-state index contributed by atoms with van der Waals surface area (Å²) in [5.41, 5.74) is -0.0678. The number of hydrogen-bond donors (Lipinski definition) is 0. The van der Waals surface area contributed by atoms with E-state index in [1.54, 1.807) is 6.07 Å². The predicted octanol–water partition coefficient (Wildman–Crippen LogP) is 2.60. The van der Waals surface area contributed by atoms with E-state index in [9.17, 15) is 14.0 Å². The summed E-state index contributed by atoms with van der Waals surface area (Å²) >= 11 is 3.02. The SMILES string of the molecule is CC1CC(=O)N(C(=O)c2cccc(Br)c2F)C1. The first-order valence-corrected chi connectivity index (χ1v) is 6.08. The fraction of sp³-hybridized carbons (Fsp3) is 0.333. The van der Waals surface area contributed by atoms with Crippen LogP contribution in [0, 0.1) is 11.7 Å². The Morgan fingerprint density at radius 3 is 2.82 bits per heavy atom. The van der Waals surface area contributed by atoms with Gasteiger partial charge in [-0.15, -0.1) is 0 Å². The molecule has 5 heteroatoms. The number of halogens is 2. The number of nitrogens with zero attached hydrogens (tertiary/aromatic N) is 1. The lowest BCUT2D eigenvalue weighted by Crippen LogP contribution is -2.32. The van der Waals surface area contributed by atoms with Crippen LogP contribution in [0.15, 0.2) is 22.7 Å². The molecule has 0 radical (unpaired) electrons. The van der Waals surface area contributed by atoms with Gasteiger partial charge in [-0.25, -0.2) is 4.39 Å². The third-order valence-electron chi connectivity index (χ3n) is 2.75. The van der Waals surface area contributed by atoms with E-state index in [0.717, 1.165) is 4.90 Å². The Morgan fingerprint density at radius 2 is 2.24 bits per heavy atom. The molecule has 1 aromatic carbocycles. The minimum absolute atomic E-state index is 0.0678. The van der Waals surface area contributed by atoms with Crippen molar-refractivity contribution in [2.24, 2.45) is 5.92 Å². The van der Waals surface area contributed by atoms with E-state index in [4.69, 9.17) is 0 Å². The zero-order valence-corrected chi connectivity index (χ0v) is 10.8. The predicted molar refractivity (Wildman–Crippen MR) is 63.9 cm³/mol. The van der Waals surface area contributed by atoms with Crippen molar-refractivity contribution in [1.29, 1.82) is 0 Å². The minimum Gasteiger partial charge on any atom is -0.278 e. The topological polar surface area (TPSA) is 37.4 Å². The van der Waals surface area contributed by atoms with Crippen molar-refractivity contribution in [2.45, 2.75) is 13.3 Å². The minimum atomic E-state index is -0.621. The first-order chi connectivity index (χ1) is 8.00. The van der Waals surface area contributed by atoms with Gasteiger partial charge in [-0.05, 0) is 34.0 Å². The lowest BCUT2D eigenvalue weighted by molar-refractivity contribution is -0.125. The highest BCUT2D eigenvalue weighted by atomic mass is 79.9. The van der Waals surface area contributed by atoms with Crippen molar-refractivity contribution in [2.75, 3.05) is 6.54 Å². The number of carbonyl (C=O) groups is 2. The van der Waals surface area contributed by atoms with Crippen LogP contribution in [0.2, 0.25) is 0 Å². The van der Waals surface area contributed by atoms with Crippen molar-refractivity contribution in [3.05, 3.63) is 34.1 Å². The molecule has 1 fully saturated rings. The van der Waals surface area contributed by atoms with Crippen LogP contribution in [0.3, 0.4) is 0 Å². The van der Waals surface area contributed by atoms with Gasteiger partial charge in [0, 0.05) is 13.0 Å². The van der Waals surface area contributed by atoms with Gasteiger partial charge < -0.3 is 0 Å². The van der Waals surface area contributed by atoms with Crippen molar-refractivity contribution in [1.82, 2.24) is 4.90 Å². The number of likely N-dealkylation sites (tertiary alicyclic amines) is 1. The Morgan fingerprint density at radius 1 is 1.53 bits per heavy atom. The van der Waals surface area contributed by atoms with Gasteiger partial charge >= 0.3 is 0 Å². The largest absolute Gasteiger partial charge is 0.278 e. The van der Waals surface area contributed by atoms with Crippen LogP contribution < -0.4 is 0 Å². The lowest BCUT2D eigenvalue weighted by Gasteiger charge is -2.14. The van der Waals surface area contributed by atoms with Crippen LogP contribution in [0.25, 0.3) is 0 Å². The molecule has 90 valence electrons. The maximum absolute atomic E-state index is 13.7. The Bertz CT molecular complexity index is 489. The van der Waals surface area contributed by atoms with Gasteiger partial charge in [0.25, 0.3) is 5.91 Å². The van der Waals surface area contributed by atoms with E-state index in [0.29, 0.717) is 13.0 Å². The standard InChI is InChI=1S/C12H11BrFNO2/c1-7-5-10(16)15(6-7)12(17)8-3-2-4-9(13)11(8)14/h2-4,7H,5-6H2,1H3. The van der Waals surface area contributed by atoms with Crippen molar-refractivity contribution in [3.63, 3.8) is 0 Å². The van der Waals surface area contributed by atoms with Gasteiger partial charge in [0.2, 0.25) is 5.91 Å². The highest BCUT2D eigenvalue weighted by Crippen LogP contribution is 2.23. The summed E-state index contributed by atoms with van der Waals surface area (Å²) in [6.45, 7) is 2.26. The van der Waals surface area contributed by atoms with Crippen LogP contribution in [-0.2, 0) is 4.79 Å². The third kappa shape index (κ3) is 2.24. The molecule has 1 aliphatic heterocycles. The van der Waals surface area contributed by atoms with Gasteiger partial charge in [0.05, 0.1) is 10.0 Å². The summed E-state index contributed by atoms with van der Waals surface area (Å²) < 4.78 is 13.9. The van der Waals surface area contributed by atoms with E-state index in [2.05, 4.69) is 15.9 Å². The van der Waals surface area contributed by atoms with E-state index >= 15 is 0 Å². The molecular formula is C12H11BrFNO2. The lowest BCUT2D eigenvalue weighted by atomic mass is 10.1. The molecule has 0 aromatic heterocycles. The maximum Gasteiger partial charge on any atom is 0.263 e. The number of rotatable bonds is 1. The third-order valence-corrected chi connectivity index (χ3v) is 3.36. The molecule has 0 saturated carbocycles. The van der Waals surface area contributed by atoms with Gasteiger partial charge in [0.15, 0.2) is 0 Å². The van der Waals surface area contributed by atoms with Gasteiger partial charge in [-0.3, -0.25) is 14.5 Å². The maximum atomic E-state index is 13.7.